The van der Waals surface area contributed by atoms with Crippen LogP contribution in [0, 0.1) is 10.1 Å². The Labute approximate surface area is 236 Å². The Morgan fingerprint density at radius 3 is 2.21 bits per heavy atom. The van der Waals surface area contributed by atoms with Gasteiger partial charge in [-0.1, -0.05) is 53.5 Å². The van der Waals surface area contributed by atoms with Gasteiger partial charge in [0.2, 0.25) is 11.8 Å². The number of nitro groups is 1. The fraction of sp³-hybridized carbons (Fsp3) is 0.231. The van der Waals surface area contributed by atoms with E-state index in [0.29, 0.717) is 12.1 Å². The van der Waals surface area contributed by atoms with E-state index in [2.05, 4.69) is 5.32 Å². The monoisotopic (exact) mass is 592 g/mol. The fourth-order valence-electron chi connectivity index (χ4n) is 3.77. The number of non-ortho nitro benzene ring substituents is 1. The van der Waals surface area contributed by atoms with Gasteiger partial charge in [0.05, 0.1) is 15.5 Å². The lowest BCUT2D eigenvalue weighted by molar-refractivity contribution is -0.384. The molecule has 10 nitrogen and oxygen atoms in total. The molecule has 0 heterocycles. The molecule has 0 aliphatic carbocycles. The highest BCUT2D eigenvalue weighted by Gasteiger charge is 2.33. The summed E-state index contributed by atoms with van der Waals surface area (Å²) < 4.78 is 28.2. The molecule has 0 radical (unpaired) electrons. The Kier molecular flexibility index (Phi) is 9.90. The molecule has 206 valence electrons. The number of benzene rings is 3. The molecule has 2 amide bonds. The zero-order valence-corrected chi connectivity index (χ0v) is 23.4. The molecule has 0 bridgehead atoms. The summed E-state index contributed by atoms with van der Waals surface area (Å²) in [5.74, 6) is -1.22. The number of nitro benzene ring substituents is 1. The Hall–Kier alpha value is -3.67. The molecule has 0 unspecified atom stereocenters. The highest BCUT2D eigenvalue weighted by Crippen LogP contribution is 2.29. The van der Waals surface area contributed by atoms with Gasteiger partial charge in [0.1, 0.15) is 12.6 Å². The lowest BCUT2D eigenvalue weighted by Gasteiger charge is -2.32. The third-order valence-electron chi connectivity index (χ3n) is 5.85. The predicted octanol–water partition coefficient (Wildman–Crippen LogP) is 4.65. The quantitative estimate of drug-likeness (QED) is 0.255. The van der Waals surface area contributed by atoms with Crippen molar-refractivity contribution in [3.63, 3.8) is 0 Å². The summed E-state index contributed by atoms with van der Waals surface area (Å²) in [7, 11) is -4.36. The van der Waals surface area contributed by atoms with Crippen molar-refractivity contribution in [3.8, 4) is 0 Å². The van der Waals surface area contributed by atoms with Crippen LogP contribution in [0.2, 0.25) is 10.0 Å². The Morgan fingerprint density at radius 1 is 1.00 bits per heavy atom. The van der Waals surface area contributed by atoms with E-state index in [1.807, 2.05) is 0 Å². The van der Waals surface area contributed by atoms with Gasteiger partial charge >= 0.3 is 0 Å². The number of carbonyl (C=O) groups excluding carboxylic acids is 2. The van der Waals surface area contributed by atoms with Crippen molar-refractivity contribution in [2.24, 2.45) is 0 Å². The van der Waals surface area contributed by atoms with Crippen LogP contribution in [0.5, 0.6) is 0 Å². The fourth-order valence-corrected chi connectivity index (χ4v) is 5.71. The Bertz CT molecular complexity index is 1450. The number of likely N-dealkylation sites (N-methyl/N-ethyl adjacent to an activating group) is 1. The summed E-state index contributed by atoms with van der Waals surface area (Å²) in [4.78, 5) is 38.4. The van der Waals surface area contributed by atoms with Gasteiger partial charge in [0.15, 0.2) is 0 Å². The maximum absolute atomic E-state index is 13.8. The van der Waals surface area contributed by atoms with Gasteiger partial charge in [-0.3, -0.25) is 24.0 Å². The number of amides is 2. The maximum Gasteiger partial charge on any atom is 0.271 e. The second-order valence-corrected chi connectivity index (χ2v) is 11.1. The minimum Gasteiger partial charge on any atom is -0.355 e. The number of nitrogens with one attached hydrogen (secondary N) is 1. The second kappa shape index (κ2) is 12.9. The molecule has 39 heavy (non-hydrogen) atoms. The van der Waals surface area contributed by atoms with Crippen molar-refractivity contribution in [2.75, 3.05) is 17.4 Å². The molecule has 3 aromatic rings. The summed E-state index contributed by atoms with van der Waals surface area (Å²) in [6.07, 6.45) is 0. The SMILES string of the molecule is CCNC(=O)[C@H](C)N(Cc1c(Cl)cccc1Cl)C(=O)CN(c1cccc([N+](=O)[O-])c1)S(=O)(=O)c1ccccc1. The van der Waals surface area contributed by atoms with Gasteiger partial charge in [-0.05, 0) is 44.2 Å². The Morgan fingerprint density at radius 2 is 1.62 bits per heavy atom. The summed E-state index contributed by atoms with van der Waals surface area (Å²) in [6.45, 7) is 2.57. The molecule has 0 aliphatic heterocycles. The highest BCUT2D eigenvalue weighted by atomic mass is 35.5. The first kappa shape index (κ1) is 29.9. The first-order valence-electron chi connectivity index (χ1n) is 11.8. The molecule has 1 atom stereocenters. The van der Waals surface area contributed by atoms with E-state index in [4.69, 9.17) is 23.2 Å². The van der Waals surface area contributed by atoms with Crippen LogP contribution in [-0.2, 0) is 26.2 Å². The van der Waals surface area contributed by atoms with Crippen molar-refractivity contribution in [2.45, 2.75) is 31.3 Å². The van der Waals surface area contributed by atoms with Gasteiger partial charge in [-0.25, -0.2) is 8.42 Å². The standard InChI is InChI=1S/C26H26Cl2N4O6S/c1-3-29-26(34)18(2)30(16-22-23(27)13-8-14-24(22)28)25(33)17-31(19-9-7-10-20(15-19)32(35)36)39(37,38)21-11-5-4-6-12-21/h4-15,18H,3,16-17H2,1-2H3,(H,29,34)/t18-/m0/s1. The molecule has 0 saturated heterocycles. The third kappa shape index (κ3) is 7.05. The first-order valence-corrected chi connectivity index (χ1v) is 14.0. The molecular formula is C26H26Cl2N4O6S. The van der Waals surface area contributed by atoms with E-state index in [1.54, 1.807) is 31.2 Å². The number of carbonyl (C=O) groups is 2. The van der Waals surface area contributed by atoms with Crippen LogP contribution in [0.25, 0.3) is 0 Å². The molecule has 1 N–H and O–H groups in total. The number of rotatable bonds is 11. The highest BCUT2D eigenvalue weighted by molar-refractivity contribution is 7.92. The second-order valence-electron chi connectivity index (χ2n) is 8.39. The van der Waals surface area contributed by atoms with Crippen LogP contribution in [-0.4, -0.2) is 49.2 Å². The van der Waals surface area contributed by atoms with Crippen LogP contribution in [0.15, 0.2) is 77.7 Å². The summed E-state index contributed by atoms with van der Waals surface area (Å²) in [6, 6.07) is 16.1. The Balaban J connectivity index is 2.10. The van der Waals surface area contributed by atoms with E-state index in [9.17, 15) is 28.1 Å². The molecule has 0 saturated carbocycles. The van der Waals surface area contributed by atoms with Crippen molar-refractivity contribution in [1.82, 2.24) is 10.2 Å². The normalized spacial score (nSPS) is 11.9. The van der Waals surface area contributed by atoms with Crippen LogP contribution >= 0.6 is 23.2 Å². The summed E-state index contributed by atoms with van der Waals surface area (Å²) >= 11 is 12.7. The van der Waals surface area contributed by atoms with Gasteiger partial charge in [-0.2, -0.15) is 0 Å². The van der Waals surface area contributed by atoms with Crippen LogP contribution in [0.1, 0.15) is 19.4 Å². The molecule has 0 spiro atoms. The zero-order valence-electron chi connectivity index (χ0n) is 21.1. The van der Waals surface area contributed by atoms with E-state index in [-0.39, 0.29) is 32.9 Å². The third-order valence-corrected chi connectivity index (χ3v) is 8.34. The number of sulfonamides is 1. The van der Waals surface area contributed by atoms with Crippen LogP contribution in [0.4, 0.5) is 11.4 Å². The van der Waals surface area contributed by atoms with E-state index < -0.39 is 39.3 Å². The molecule has 0 fully saturated rings. The molecular weight excluding hydrogens is 567 g/mol. The molecule has 13 heteroatoms. The summed E-state index contributed by atoms with van der Waals surface area (Å²) in [5.41, 5.74) is -0.0791. The molecule has 3 aromatic carbocycles. The van der Waals surface area contributed by atoms with Crippen molar-refractivity contribution >= 4 is 56.4 Å². The zero-order chi connectivity index (χ0) is 28.7. The first-order chi connectivity index (χ1) is 18.5. The molecule has 0 aromatic heterocycles. The smallest absolute Gasteiger partial charge is 0.271 e. The average Bonchev–Trinajstić information content (AvgIpc) is 2.91. The maximum atomic E-state index is 13.8. The van der Waals surface area contributed by atoms with E-state index >= 15 is 0 Å². The van der Waals surface area contributed by atoms with Gasteiger partial charge in [0, 0.05) is 40.8 Å². The number of hydrogen-bond acceptors (Lipinski definition) is 6. The minimum atomic E-state index is -4.36. The number of halogens is 2. The van der Waals surface area contributed by atoms with Crippen LogP contribution < -0.4 is 9.62 Å². The van der Waals surface area contributed by atoms with Crippen molar-refractivity contribution < 1.29 is 22.9 Å². The molecule has 3 rings (SSSR count). The van der Waals surface area contributed by atoms with Gasteiger partial charge in [0.25, 0.3) is 15.7 Å². The number of anilines is 1. The van der Waals surface area contributed by atoms with Gasteiger partial charge in [-0.15, -0.1) is 0 Å². The largest absolute Gasteiger partial charge is 0.355 e. The molecule has 0 aliphatic rings. The van der Waals surface area contributed by atoms with E-state index in [1.165, 1.54) is 54.3 Å². The van der Waals surface area contributed by atoms with Crippen molar-refractivity contribution in [3.05, 3.63) is 98.5 Å². The van der Waals surface area contributed by atoms with Gasteiger partial charge < -0.3 is 10.2 Å². The number of hydrogen-bond donors (Lipinski definition) is 1. The predicted molar refractivity (Wildman–Crippen MR) is 149 cm³/mol. The van der Waals surface area contributed by atoms with E-state index in [0.717, 1.165) is 10.4 Å². The summed E-state index contributed by atoms with van der Waals surface area (Å²) in [5, 5.41) is 14.6. The minimum absolute atomic E-state index is 0.0946. The lowest BCUT2D eigenvalue weighted by atomic mass is 10.1. The average molecular weight is 593 g/mol. The van der Waals surface area contributed by atoms with Crippen molar-refractivity contribution in [1.29, 1.82) is 0 Å². The topological polar surface area (TPSA) is 130 Å². The lowest BCUT2D eigenvalue weighted by Crippen LogP contribution is -2.51. The van der Waals surface area contributed by atoms with Crippen LogP contribution in [0.3, 0.4) is 0 Å². The number of nitrogens with zero attached hydrogens (tertiary/aromatic N) is 3.